The molecule has 0 aliphatic rings. The lowest BCUT2D eigenvalue weighted by Crippen LogP contribution is -2.13. The van der Waals surface area contributed by atoms with Gasteiger partial charge in [0.1, 0.15) is 0 Å². The van der Waals surface area contributed by atoms with Gasteiger partial charge in [0, 0.05) is 25.0 Å². The zero-order valence-corrected chi connectivity index (χ0v) is 18.8. The summed E-state index contributed by atoms with van der Waals surface area (Å²) in [6.45, 7) is 3.20. The van der Waals surface area contributed by atoms with E-state index in [0.29, 0.717) is 48.2 Å². The Hall–Kier alpha value is -3.82. The van der Waals surface area contributed by atoms with Crippen molar-refractivity contribution >= 4 is 34.6 Å². The quantitative estimate of drug-likeness (QED) is 0.247. The maximum absolute atomic E-state index is 12.1. The Balaban J connectivity index is 1.64. The first-order valence-corrected chi connectivity index (χ1v) is 10.8. The molecule has 10 nitrogen and oxygen atoms in total. The van der Waals surface area contributed by atoms with Crippen molar-refractivity contribution in [3.63, 3.8) is 0 Å². The standard InChI is InChI=1S/C23H28N4O6/c1-16-18(10-8-12-20(16)26(30)31)24-22(28)14-6-4-3-5-7-15-23(29)25-19-11-9-13-21(17(19)2)27(32)33/h8-13H,3-7,14-15H2,1-2H3,(H,24,28)(H,25,29). The highest BCUT2D eigenvalue weighted by Crippen LogP contribution is 2.26. The van der Waals surface area contributed by atoms with Gasteiger partial charge in [-0.15, -0.1) is 0 Å². The first-order chi connectivity index (χ1) is 15.7. The highest BCUT2D eigenvalue weighted by Gasteiger charge is 2.15. The summed E-state index contributed by atoms with van der Waals surface area (Å²) >= 11 is 0. The van der Waals surface area contributed by atoms with Crippen LogP contribution in [0.2, 0.25) is 0 Å². The molecule has 0 saturated heterocycles. The van der Waals surface area contributed by atoms with Gasteiger partial charge in [-0.1, -0.05) is 31.4 Å². The molecule has 0 aliphatic carbocycles. The van der Waals surface area contributed by atoms with Crippen molar-refractivity contribution in [2.75, 3.05) is 10.6 Å². The minimum atomic E-state index is -0.476. The van der Waals surface area contributed by atoms with E-state index in [1.165, 1.54) is 24.3 Å². The van der Waals surface area contributed by atoms with E-state index in [9.17, 15) is 29.8 Å². The summed E-state index contributed by atoms with van der Waals surface area (Å²) in [7, 11) is 0. The SMILES string of the molecule is Cc1c(NC(=O)CCCCCCCC(=O)Nc2cccc([N+](=O)[O-])c2C)cccc1[N+](=O)[O-]. The third-order valence-electron chi connectivity index (χ3n) is 5.36. The summed E-state index contributed by atoms with van der Waals surface area (Å²) in [5.41, 5.74) is 1.68. The van der Waals surface area contributed by atoms with Gasteiger partial charge in [-0.3, -0.25) is 29.8 Å². The second-order valence-electron chi connectivity index (χ2n) is 7.78. The van der Waals surface area contributed by atoms with E-state index >= 15 is 0 Å². The topological polar surface area (TPSA) is 144 Å². The normalized spacial score (nSPS) is 10.5. The van der Waals surface area contributed by atoms with Crippen molar-refractivity contribution in [2.24, 2.45) is 0 Å². The molecular weight excluding hydrogens is 428 g/mol. The van der Waals surface area contributed by atoms with E-state index < -0.39 is 9.85 Å². The molecule has 0 spiro atoms. The van der Waals surface area contributed by atoms with Crippen LogP contribution in [0.25, 0.3) is 0 Å². The molecule has 0 heterocycles. The summed E-state index contributed by atoms with van der Waals surface area (Å²) in [4.78, 5) is 45.3. The summed E-state index contributed by atoms with van der Waals surface area (Å²) < 4.78 is 0. The number of hydrogen-bond donors (Lipinski definition) is 2. The Morgan fingerprint density at radius 3 is 1.42 bits per heavy atom. The number of nitrogens with zero attached hydrogens (tertiary/aromatic N) is 2. The lowest BCUT2D eigenvalue weighted by atomic mass is 10.1. The fraction of sp³-hybridized carbons (Fsp3) is 0.391. The lowest BCUT2D eigenvalue weighted by Gasteiger charge is -2.09. The molecule has 0 aliphatic heterocycles. The number of nitrogens with one attached hydrogen (secondary N) is 2. The highest BCUT2D eigenvalue weighted by atomic mass is 16.6. The fourth-order valence-electron chi connectivity index (χ4n) is 3.44. The maximum atomic E-state index is 12.1. The van der Waals surface area contributed by atoms with Crippen LogP contribution in [0, 0.1) is 34.1 Å². The molecule has 0 bridgehead atoms. The Morgan fingerprint density at radius 2 is 1.06 bits per heavy atom. The molecule has 2 N–H and O–H groups in total. The Morgan fingerprint density at radius 1 is 0.697 bits per heavy atom. The minimum Gasteiger partial charge on any atom is -0.326 e. The van der Waals surface area contributed by atoms with E-state index in [1.807, 2.05) is 0 Å². The molecule has 33 heavy (non-hydrogen) atoms. The minimum absolute atomic E-state index is 0.0301. The van der Waals surface area contributed by atoms with Crippen LogP contribution in [0.1, 0.15) is 56.1 Å². The Kier molecular flexibility index (Phi) is 9.46. The van der Waals surface area contributed by atoms with Crippen molar-refractivity contribution in [2.45, 2.75) is 58.8 Å². The van der Waals surface area contributed by atoms with E-state index in [0.717, 1.165) is 19.3 Å². The largest absolute Gasteiger partial charge is 0.326 e. The van der Waals surface area contributed by atoms with Crippen molar-refractivity contribution in [1.82, 2.24) is 0 Å². The van der Waals surface area contributed by atoms with E-state index in [-0.39, 0.29) is 23.2 Å². The Labute approximate surface area is 191 Å². The number of benzene rings is 2. The molecule has 0 radical (unpaired) electrons. The third-order valence-corrected chi connectivity index (χ3v) is 5.36. The zero-order chi connectivity index (χ0) is 24.4. The molecule has 10 heteroatoms. The third kappa shape index (κ3) is 7.67. The van der Waals surface area contributed by atoms with Gasteiger partial charge in [-0.25, -0.2) is 0 Å². The highest BCUT2D eigenvalue weighted by molar-refractivity contribution is 5.92. The molecule has 2 aromatic rings. The molecule has 2 rings (SSSR count). The molecule has 0 aromatic heterocycles. The average Bonchev–Trinajstić information content (AvgIpc) is 2.75. The predicted molar refractivity (Wildman–Crippen MR) is 125 cm³/mol. The molecular formula is C23H28N4O6. The van der Waals surface area contributed by atoms with E-state index in [2.05, 4.69) is 10.6 Å². The van der Waals surface area contributed by atoms with Gasteiger partial charge < -0.3 is 10.6 Å². The van der Waals surface area contributed by atoms with Crippen LogP contribution in [0.4, 0.5) is 22.7 Å². The molecule has 0 fully saturated rings. The number of carbonyl (C=O) groups is 2. The average molecular weight is 456 g/mol. The second kappa shape index (κ2) is 12.3. The number of nitro benzene ring substituents is 2. The summed E-state index contributed by atoms with van der Waals surface area (Å²) in [5, 5.41) is 27.4. The number of anilines is 2. The first-order valence-electron chi connectivity index (χ1n) is 10.8. The fourth-order valence-corrected chi connectivity index (χ4v) is 3.44. The zero-order valence-electron chi connectivity index (χ0n) is 18.8. The van der Waals surface area contributed by atoms with Gasteiger partial charge in [-0.05, 0) is 38.8 Å². The number of rotatable bonds is 12. The van der Waals surface area contributed by atoms with Crippen LogP contribution in [-0.2, 0) is 9.59 Å². The van der Waals surface area contributed by atoms with Crippen LogP contribution < -0.4 is 10.6 Å². The second-order valence-corrected chi connectivity index (χ2v) is 7.78. The van der Waals surface area contributed by atoms with Crippen LogP contribution >= 0.6 is 0 Å². The molecule has 0 saturated carbocycles. The van der Waals surface area contributed by atoms with Crippen LogP contribution in [-0.4, -0.2) is 21.7 Å². The van der Waals surface area contributed by atoms with Crippen molar-refractivity contribution in [3.05, 3.63) is 67.8 Å². The van der Waals surface area contributed by atoms with Gasteiger partial charge in [0.25, 0.3) is 11.4 Å². The van der Waals surface area contributed by atoms with Crippen LogP contribution in [0.5, 0.6) is 0 Å². The van der Waals surface area contributed by atoms with Gasteiger partial charge in [0.05, 0.1) is 32.3 Å². The Bertz CT molecular complexity index is 956. The van der Waals surface area contributed by atoms with Crippen molar-refractivity contribution in [3.8, 4) is 0 Å². The molecule has 176 valence electrons. The van der Waals surface area contributed by atoms with E-state index in [1.54, 1.807) is 26.0 Å². The van der Waals surface area contributed by atoms with Crippen molar-refractivity contribution in [1.29, 1.82) is 0 Å². The monoisotopic (exact) mass is 456 g/mol. The van der Waals surface area contributed by atoms with Gasteiger partial charge in [-0.2, -0.15) is 0 Å². The number of unbranched alkanes of at least 4 members (excludes halogenated alkanes) is 4. The number of hydrogen-bond acceptors (Lipinski definition) is 6. The predicted octanol–water partition coefficient (Wildman–Crippen LogP) is 5.43. The number of carbonyl (C=O) groups excluding carboxylic acids is 2. The molecule has 0 unspecified atom stereocenters. The molecule has 0 atom stereocenters. The van der Waals surface area contributed by atoms with Crippen molar-refractivity contribution < 1.29 is 19.4 Å². The summed E-state index contributed by atoms with van der Waals surface area (Å²) in [5.74, 6) is -0.379. The smallest absolute Gasteiger partial charge is 0.274 e. The van der Waals surface area contributed by atoms with Gasteiger partial charge in [0.15, 0.2) is 0 Å². The van der Waals surface area contributed by atoms with E-state index in [4.69, 9.17) is 0 Å². The molecule has 2 amide bonds. The summed E-state index contributed by atoms with van der Waals surface area (Å²) in [6.07, 6.45) is 4.51. The molecule has 2 aromatic carbocycles. The van der Waals surface area contributed by atoms with Gasteiger partial charge >= 0.3 is 0 Å². The van der Waals surface area contributed by atoms with Crippen LogP contribution in [0.15, 0.2) is 36.4 Å². The van der Waals surface area contributed by atoms with Gasteiger partial charge in [0.2, 0.25) is 11.8 Å². The number of nitro groups is 2. The van der Waals surface area contributed by atoms with Crippen LogP contribution in [0.3, 0.4) is 0 Å². The first kappa shape index (κ1) is 25.4. The maximum Gasteiger partial charge on any atom is 0.274 e. The summed E-state index contributed by atoms with van der Waals surface area (Å²) in [6, 6.07) is 9.15. The number of amides is 2. The lowest BCUT2D eigenvalue weighted by molar-refractivity contribution is -0.385.